The Morgan fingerprint density at radius 2 is 2.11 bits per heavy atom. The van der Waals surface area contributed by atoms with Gasteiger partial charge in [0.25, 0.3) is 5.91 Å². The van der Waals surface area contributed by atoms with Crippen molar-refractivity contribution in [3.63, 3.8) is 0 Å². The highest BCUT2D eigenvalue weighted by Crippen LogP contribution is 2.40. The van der Waals surface area contributed by atoms with Crippen molar-refractivity contribution >= 4 is 11.9 Å². The molecule has 0 aromatic carbocycles. The van der Waals surface area contributed by atoms with Gasteiger partial charge in [0.2, 0.25) is 0 Å². The van der Waals surface area contributed by atoms with Crippen LogP contribution < -0.4 is 0 Å². The minimum Gasteiger partial charge on any atom is -0.480 e. The lowest BCUT2D eigenvalue weighted by Gasteiger charge is -2.30. The fourth-order valence-electron chi connectivity index (χ4n) is 1.52. The second kappa shape index (κ2) is 4.12. The number of amides is 1. The molecule has 2 rings (SSSR count). The topological polar surface area (TPSA) is 83.6 Å². The molecule has 98 valence electrons. The molecule has 1 aromatic rings. The Kier molecular flexibility index (Phi) is 2.88. The molecule has 0 bridgehead atoms. The van der Waals surface area contributed by atoms with Gasteiger partial charge in [-0.25, -0.2) is 4.79 Å². The van der Waals surface area contributed by atoms with Gasteiger partial charge >= 0.3 is 5.97 Å². The van der Waals surface area contributed by atoms with E-state index in [1.54, 1.807) is 6.07 Å². The minimum atomic E-state index is -1.28. The molecule has 1 saturated carbocycles. The Morgan fingerprint density at radius 1 is 1.50 bits per heavy atom. The lowest BCUT2D eigenvalue weighted by molar-refractivity contribution is -0.147. The van der Waals surface area contributed by atoms with Crippen molar-refractivity contribution in [2.24, 2.45) is 0 Å². The van der Waals surface area contributed by atoms with Crippen molar-refractivity contribution in [2.75, 3.05) is 7.05 Å². The molecule has 1 fully saturated rings. The van der Waals surface area contributed by atoms with Crippen molar-refractivity contribution < 1.29 is 19.2 Å². The summed E-state index contributed by atoms with van der Waals surface area (Å²) in [5, 5.41) is 12.8. The van der Waals surface area contributed by atoms with E-state index in [1.807, 2.05) is 0 Å². The number of aliphatic carboxylic acids is 1. The van der Waals surface area contributed by atoms with Crippen molar-refractivity contribution in [2.45, 2.75) is 38.1 Å². The summed E-state index contributed by atoms with van der Waals surface area (Å²) in [5.74, 6) is -0.431. The van der Waals surface area contributed by atoms with E-state index in [9.17, 15) is 9.59 Å². The predicted octanol–water partition coefficient (Wildman–Crippen LogP) is 1.49. The molecule has 1 amide bonds. The standard InChI is InChI=1S/C12H16N2O4/c1-12(2,11(16)17)14(3)10(15)8-6-9(18-13-8)7-4-5-7/h6-7H,4-5H2,1-3H3,(H,16,17). The molecule has 1 aromatic heterocycles. The van der Waals surface area contributed by atoms with Gasteiger partial charge in [0, 0.05) is 19.0 Å². The number of carboxylic acids is 1. The average molecular weight is 252 g/mol. The van der Waals surface area contributed by atoms with Gasteiger partial charge in [-0.3, -0.25) is 4.79 Å². The highest BCUT2D eigenvalue weighted by molar-refractivity contribution is 5.95. The first kappa shape index (κ1) is 12.6. The predicted molar refractivity (Wildman–Crippen MR) is 62.3 cm³/mol. The van der Waals surface area contributed by atoms with Crippen LogP contribution >= 0.6 is 0 Å². The number of carbonyl (C=O) groups is 2. The summed E-state index contributed by atoms with van der Waals surface area (Å²) in [5.41, 5.74) is -1.12. The van der Waals surface area contributed by atoms with Crippen LogP contribution in [0, 0.1) is 0 Å². The molecule has 0 aliphatic heterocycles. The van der Waals surface area contributed by atoms with E-state index in [-0.39, 0.29) is 5.69 Å². The molecule has 1 aliphatic carbocycles. The Bertz CT molecular complexity index is 488. The van der Waals surface area contributed by atoms with E-state index in [0.717, 1.165) is 17.7 Å². The molecule has 0 atom stereocenters. The van der Waals surface area contributed by atoms with Crippen LogP contribution in [0.25, 0.3) is 0 Å². The zero-order valence-electron chi connectivity index (χ0n) is 10.6. The second-order valence-corrected chi connectivity index (χ2v) is 5.12. The summed E-state index contributed by atoms with van der Waals surface area (Å²) < 4.78 is 5.09. The molecule has 1 heterocycles. The maximum Gasteiger partial charge on any atom is 0.329 e. The van der Waals surface area contributed by atoms with Crippen LogP contribution in [-0.2, 0) is 4.79 Å². The number of hydrogen-bond donors (Lipinski definition) is 1. The smallest absolute Gasteiger partial charge is 0.329 e. The van der Waals surface area contributed by atoms with E-state index in [0.29, 0.717) is 11.7 Å². The Hall–Kier alpha value is -1.85. The molecule has 1 N–H and O–H groups in total. The first-order valence-corrected chi connectivity index (χ1v) is 5.82. The average Bonchev–Trinajstić information content (AvgIpc) is 3.05. The lowest BCUT2D eigenvalue weighted by Crippen LogP contribution is -2.50. The second-order valence-electron chi connectivity index (χ2n) is 5.12. The zero-order valence-corrected chi connectivity index (χ0v) is 10.6. The third-order valence-electron chi connectivity index (χ3n) is 3.39. The first-order valence-electron chi connectivity index (χ1n) is 5.82. The molecular weight excluding hydrogens is 236 g/mol. The van der Waals surface area contributed by atoms with Gasteiger partial charge in [0.05, 0.1) is 0 Å². The molecule has 0 spiro atoms. The van der Waals surface area contributed by atoms with E-state index < -0.39 is 17.4 Å². The number of hydrogen-bond acceptors (Lipinski definition) is 4. The SMILES string of the molecule is CN(C(=O)c1cc(C2CC2)on1)C(C)(C)C(=O)O. The molecule has 0 saturated heterocycles. The van der Waals surface area contributed by atoms with Crippen LogP contribution in [0.4, 0.5) is 0 Å². The van der Waals surface area contributed by atoms with Gasteiger partial charge < -0.3 is 14.5 Å². The molecule has 6 heteroatoms. The number of aromatic nitrogens is 1. The number of carbonyl (C=O) groups excluding carboxylic acids is 1. The Balaban J connectivity index is 2.16. The van der Waals surface area contributed by atoms with Gasteiger partial charge in [0.1, 0.15) is 11.3 Å². The van der Waals surface area contributed by atoms with Crippen LogP contribution in [0.1, 0.15) is 48.9 Å². The third-order valence-corrected chi connectivity index (χ3v) is 3.39. The Labute approximate surface area is 105 Å². The largest absolute Gasteiger partial charge is 0.480 e. The molecular formula is C12H16N2O4. The molecule has 6 nitrogen and oxygen atoms in total. The summed E-state index contributed by atoms with van der Waals surface area (Å²) in [4.78, 5) is 24.3. The number of likely N-dealkylation sites (N-methyl/N-ethyl adjacent to an activating group) is 1. The van der Waals surface area contributed by atoms with Crippen molar-refractivity contribution in [3.05, 3.63) is 17.5 Å². The van der Waals surface area contributed by atoms with Gasteiger partial charge in [-0.1, -0.05) is 5.16 Å². The van der Waals surface area contributed by atoms with Crippen LogP contribution in [0.15, 0.2) is 10.6 Å². The fraction of sp³-hybridized carbons (Fsp3) is 0.583. The van der Waals surface area contributed by atoms with E-state index >= 15 is 0 Å². The fourth-order valence-corrected chi connectivity index (χ4v) is 1.52. The van der Waals surface area contributed by atoms with Crippen LogP contribution in [0.2, 0.25) is 0 Å². The summed E-state index contributed by atoms with van der Waals surface area (Å²) in [6.45, 7) is 2.93. The van der Waals surface area contributed by atoms with E-state index in [2.05, 4.69) is 5.16 Å². The number of rotatable bonds is 4. The monoisotopic (exact) mass is 252 g/mol. The molecule has 0 unspecified atom stereocenters. The first-order chi connectivity index (χ1) is 8.34. The summed E-state index contributed by atoms with van der Waals surface area (Å²) in [7, 11) is 1.45. The molecule has 1 aliphatic rings. The maximum absolute atomic E-state index is 12.1. The normalized spacial score (nSPS) is 15.5. The van der Waals surface area contributed by atoms with Crippen molar-refractivity contribution in [3.8, 4) is 0 Å². The zero-order chi connectivity index (χ0) is 13.5. The van der Waals surface area contributed by atoms with Crippen LogP contribution in [0.3, 0.4) is 0 Å². The van der Waals surface area contributed by atoms with Crippen molar-refractivity contribution in [1.82, 2.24) is 10.1 Å². The molecule has 0 radical (unpaired) electrons. The highest BCUT2D eigenvalue weighted by atomic mass is 16.5. The van der Waals surface area contributed by atoms with E-state index in [1.165, 1.54) is 20.9 Å². The van der Waals surface area contributed by atoms with Crippen LogP contribution in [-0.4, -0.2) is 39.6 Å². The quantitative estimate of drug-likeness (QED) is 0.877. The Morgan fingerprint density at radius 3 is 2.61 bits per heavy atom. The lowest BCUT2D eigenvalue weighted by atomic mass is 10.0. The minimum absolute atomic E-state index is 0.161. The number of nitrogens with zero attached hydrogens (tertiary/aromatic N) is 2. The van der Waals surface area contributed by atoms with Gasteiger partial charge in [0.15, 0.2) is 5.69 Å². The van der Waals surface area contributed by atoms with Gasteiger partial charge in [-0.05, 0) is 26.7 Å². The summed E-state index contributed by atoms with van der Waals surface area (Å²) in [6.07, 6.45) is 2.11. The van der Waals surface area contributed by atoms with E-state index in [4.69, 9.17) is 9.63 Å². The maximum atomic E-state index is 12.1. The molecule has 18 heavy (non-hydrogen) atoms. The van der Waals surface area contributed by atoms with Gasteiger partial charge in [-0.15, -0.1) is 0 Å². The van der Waals surface area contributed by atoms with Crippen molar-refractivity contribution in [1.29, 1.82) is 0 Å². The summed E-state index contributed by atoms with van der Waals surface area (Å²) >= 11 is 0. The summed E-state index contributed by atoms with van der Waals surface area (Å²) in [6, 6.07) is 1.61. The number of carboxylic acid groups (broad SMARTS) is 1. The van der Waals surface area contributed by atoms with Crippen LogP contribution in [0.5, 0.6) is 0 Å². The third kappa shape index (κ3) is 2.10. The highest BCUT2D eigenvalue weighted by Gasteiger charge is 2.37. The van der Waals surface area contributed by atoms with Gasteiger partial charge in [-0.2, -0.15) is 0 Å².